The number of imidazole rings is 1. The van der Waals surface area contributed by atoms with Gasteiger partial charge >= 0.3 is 11.9 Å². The summed E-state index contributed by atoms with van der Waals surface area (Å²) in [6.07, 6.45) is 8.30. The molecule has 0 aliphatic carbocycles. The molecule has 0 radical (unpaired) electrons. The third kappa shape index (κ3) is 5.55. The summed E-state index contributed by atoms with van der Waals surface area (Å²) in [5.74, 6) is -1.06. The summed E-state index contributed by atoms with van der Waals surface area (Å²) in [4.78, 5) is 27.7. The highest BCUT2D eigenvalue weighted by Crippen LogP contribution is 2.19. The summed E-state index contributed by atoms with van der Waals surface area (Å²) in [6.45, 7) is 4.46. The predicted molar refractivity (Wildman–Crippen MR) is 108 cm³/mol. The Labute approximate surface area is 165 Å². The molecule has 6 nitrogen and oxygen atoms in total. The van der Waals surface area contributed by atoms with Crippen LogP contribution in [0, 0.1) is 0 Å². The van der Waals surface area contributed by atoms with Crippen LogP contribution in [0.1, 0.15) is 73.4 Å². The number of hydrogen-bond donors (Lipinski definition) is 2. The molecular weight excluding hydrogens is 356 g/mol. The predicted octanol–water partition coefficient (Wildman–Crippen LogP) is 4.63. The molecule has 150 valence electrons. The second kappa shape index (κ2) is 10.4. The Morgan fingerprint density at radius 2 is 1.82 bits per heavy atom. The minimum Gasteiger partial charge on any atom is -0.478 e. The summed E-state index contributed by atoms with van der Waals surface area (Å²) in [6, 6.07) is 6.88. The van der Waals surface area contributed by atoms with Crippen molar-refractivity contribution in [1.82, 2.24) is 9.55 Å². The van der Waals surface area contributed by atoms with Crippen LogP contribution in [-0.4, -0.2) is 31.7 Å². The minimum absolute atomic E-state index is 0.247. The quantitative estimate of drug-likeness (QED) is 0.551. The van der Waals surface area contributed by atoms with Crippen LogP contribution in [0.5, 0.6) is 0 Å². The first-order valence-electron chi connectivity index (χ1n) is 9.77. The van der Waals surface area contributed by atoms with Crippen molar-refractivity contribution in [2.45, 2.75) is 58.9 Å². The van der Waals surface area contributed by atoms with Crippen LogP contribution in [0.15, 0.2) is 36.0 Å². The molecule has 0 bridgehead atoms. The zero-order chi connectivity index (χ0) is 20.5. The molecule has 1 heterocycles. The Kier molecular flexibility index (Phi) is 7.99. The Morgan fingerprint density at radius 1 is 1.11 bits per heavy atom. The van der Waals surface area contributed by atoms with Crippen LogP contribution in [0.25, 0.3) is 6.08 Å². The van der Waals surface area contributed by atoms with Crippen molar-refractivity contribution < 1.29 is 19.8 Å². The van der Waals surface area contributed by atoms with Gasteiger partial charge in [0.15, 0.2) is 0 Å². The molecule has 0 aliphatic heterocycles. The fraction of sp³-hybridized carbons (Fsp3) is 0.409. The lowest BCUT2D eigenvalue weighted by Gasteiger charge is -2.13. The van der Waals surface area contributed by atoms with Gasteiger partial charge in [-0.2, -0.15) is 0 Å². The monoisotopic (exact) mass is 384 g/mol. The van der Waals surface area contributed by atoms with E-state index in [1.807, 2.05) is 17.6 Å². The number of hydrogen-bond acceptors (Lipinski definition) is 3. The maximum absolute atomic E-state index is 11.6. The van der Waals surface area contributed by atoms with Gasteiger partial charge in [0.2, 0.25) is 0 Å². The van der Waals surface area contributed by atoms with E-state index in [1.165, 1.54) is 0 Å². The molecule has 2 rings (SSSR count). The van der Waals surface area contributed by atoms with E-state index in [-0.39, 0.29) is 5.56 Å². The average Bonchev–Trinajstić information content (AvgIpc) is 3.04. The number of aryl methyl sites for hydroxylation is 1. The van der Waals surface area contributed by atoms with Crippen LogP contribution in [0.4, 0.5) is 0 Å². The maximum atomic E-state index is 11.6. The SMILES string of the molecule is CCCCC(=Cc1cnc(CCCC)n1Cc1ccccc1C(=O)O)C(=O)O. The number of nitrogens with zero attached hydrogens (tertiary/aromatic N) is 2. The van der Waals surface area contributed by atoms with Gasteiger partial charge in [0, 0.05) is 12.0 Å². The Morgan fingerprint density at radius 3 is 2.46 bits per heavy atom. The first-order chi connectivity index (χ1) is 13.5. The normalized spacial score (nSPS) is 11.6. The first-order valence-corrected chi connectivity index (χ1v) is 9.77. The lowest BCUT2D eigenvalue weighted by Crippen LogP contribution is -2.12. The lowest BCUT2D eigenvalue weighted by molar-refractivity contribution is -0.132. The van der Waals surface area contributed by atoms with Gasteiger partial charge in [-0.05, 0) is 37.0 Å². The van der Waals surface area contributed by atoms with Crippen molar-refractivity contribution in [2.75, 3.05) is 0 Å². The Bertz CT molecular complexity index is 852. The molecule has 0 aliphatic rings. The second-order valence-electron chi connectivity index (χ2n) is 6.83. The van der Waals surface area contributed by atoms with E-state index in [9.17, 15) is 19.8 Å². The van der Waals surface area contributed by atoms with E-state index in [1.54, 1.807) is 30.5 Å². The number of unbranched alkanes of at least 4 members (excludes halogenated alkanes) is 2. The van der Waals surface area contributed by atoms with Gasteiger partial charge in [-0.15, -0.1) is 0 Å². The number of benzene rings is 1. The molecule has 0 amide bonds. The van der Waals surface area contributed by atoms with Crippen molar-refractivity contribution >= 4 is 18.0 Å². The molecule has 1 aromatic heterocycles. The van der Waals surface area contributed by atoms with E-state index >= 15 is 0 Å². The van der Waals surface area contributed by atoms with Crippen LogP contribution in [-0.2, 0) is 17.8 Å². The van der Waals surface area contributed by atoms with E-state index in [0.29, 0.717) is 29.8 Å². The van der Waals surface area contributed by atoms with Gasteiger partial charge < -0.3 is 14.8 Å². The van der Waals surface area contributed by atoms with Crippen molar-refractivity contribution in [3.8, 4) is 0 Å². The van der Waals surface area contributed by atoms with Crippen LogP contribution in [0.2, 0.25) is 0 Å². The first kappa shape index (κ1) is 21.4. The molecule has 2 aromatic rings. The largest absolute Gasteiger partial charge is 0.478 e. The third-order valence-electron chi connectivity index (χ3n) is 4.70. The molecule has 0 fully saturated rings. The van der Waals surface area contributed by atoms with E-state index in [4.69, 9.17) is 0 Å². The van der Waals surface area contributed by atoms with Gasteiger partial charge in [-0.25, -0.2) is 14.6 Å². The average molecular weight is 384 g/mol. The number of rotatable bonds is 11. The molecule has 0 saturated heterocycles. The zero-order valence-corrected chi connectivity index (χ0v) is 16.5. The number of carbonyl (C=O) groups is 2. The molecule has 2 N–H and O–H groups in total. The van der Waals surface area contributed by atoms with Crippen LogP contribution >= 0.6 is 0 Å². The zero-order valence-electron chi connectivity index (χ0n) is 16.5. The fourth-order valence-electron chi connectivity index (χ4n) is 3.08. The lowest BCUT2D eigenvalue weighted by atomic mass is 10.1. The molecule has 6 heteroatoms. The van der Waals surface area contributed by atoms with Crippen molar-refractivity contribution in [2.24, 2.45) is 0 Å². The van der Waals surface area contributed by atoms with Gasteiger partial charge in [-0.3, -0.25) is 0 Å². The molecule has 0 unspecified atom stereocenters. The second-order valence-corrected chi connectivity index (χ2v) is 6.83. The van der Waals surface area contributed by atoms with Crippen molar-refractivity contribution in [3.63, 3.8) is 0 Å². The molecular formula is C22H28N2O4. The van der Waals surface area contributed by atoms with E-state index in [0.717, 1.165) is 37.9 Å². The summed E-state index contributed by atoms with van der Waals surface area (Å²) < 4.78 is 1.94. The van der Waals surface area contributed by atoms with Crippen LogP contribution in [0.3, 0.4) is 0 Å². The third-order valence-corrected chi connectivity index (χ3v) is 4.70. The van der Waals surface area contributed by atoms with E-state index in [2.05, 4.69) is 11.9 Å². The highest BCUT2D eigenvalue weighted by molar-refractivity contribution is 5.92. The maximum Gasteiger partial charge on any atom is 0.336 e. The van der Waals surface area contributed by atoms with Crippen molar-refractivity contribution in [1.29, 1.82) is 0 Å². The molecule has 0 saturated carbocycles. The smallest absolute Gasteiger partial charge is 0.336 e. The highest BCUT2D eigenvalue weighted by atomic mass is 16.4. The molecule has 28 heavy (non-hydrogen) atoms. The number of carboxylic acid groups (broad SMARTS) is 2. The Balaban J connectivity index is 2.47. The van der Waals surface area contributed by atoms with Gasteiger partial charge in [-0.1, -0.05) is 44.9 Å². The topological polar surface area (TPSA) is 92.4 Å². The molecule has 0 atom stereocenters. The van der Waals surface area contributed by atoms with Crippen LogP contribution < -0.4 is 0 Å². The summed E-state index contributed by atoms with van der Waals surface area (Å²) >= 11 is 0. The number of aliphatic carboxylic acids is 1. The van der Waals surface area contributed by atoms with Crippen molar-refractivity contribution in [3.05, 3.63) is 58.7 Å². The fourth-order valence-corrected chi connectivity index (χ4v) is 3.08. The molecule has 0 spiro atoms. The highest BCUT2D eigenvalue weighted by Gasteiger charge is 2.15. The number of carboxylic acids is 2. The van der Waals surface area contributed by atoms with Gasteiger partial charge in [0.1, 0.15) is 5.82 Å². The summed E-state index contributed by atoms with van der Waals surface area (Å²) in [5.41, 5.74) is 1.96. The van der Waals surface area contributed by atoms with Gasteiger partial charge in [0.05, 0.1) is 24.0 Å². The van der Waals surface area contributed by atoms with E-state index < -0.39 is 11.9 Å². The Hall–Kier alpha value is -2.89. The molecule has 1 aromatic carbocycles. The standard InChI is InChI=1S/C22H28N2O4/c1-3-5-9-16(21(25)26)13-18-14-23-20(12-6-4-2)24(18)15-17-10-7-8-11-19(17)22(27)28/h7-8,10-11,13-14H,3-6,9,12,15H2,1-2H3,(H,25,26)(H,27,28). The van der Waals surface area contributed by atoms with Gasteiger partial charge in [0.25, 0.3) is 0 Å². The number of aromatic nitrogens is 2. The summed E-state index contributed by atoms with van der Waals surface area (Å²) in [7, 11) is 0. The summed E-state index contributed by atoms with van der Waals surface area (Å²) in [5, 5.41) is 19.0. The number of aromatic carboxylic acids is 1. The minimum atomic E-state index is -0.975.